The fraction of sp³-hybridized carbons (Fsp3) is 0.250. The minimum atomic E-state index is -1.11. The lowest BCUT2D eigenvalue weighted by molar-refractivity contribution is -0.142. The molecule has 0 heterocycles. The molecule has 0 aliphatic heterocycles. The molecule has 0 aliphatic rings. The van der Waals surface area contributed by atoms with Crippen molar-refractivity contribution in [3.63, 3.8) is 0 Å². The van der Waals surface area contributed by atoms with Gasteiger partial charge >= 0.3 is 12.1 Å². The Bertz CT molecular complexity index is 902. The molecule has 0 aliphatic carbocycles. The van der Waals surface area contributed by atoms with Gasteiger partial charge < -0.3 is 19.5 Å². The van der Waals surface area contributed by atoms with Crippen molar-refractivity contribution in [1.29, 1.82) is 0 Å². The first-order valence-electron chi connectivity index (χ1n) is 8.59. The molecule has 1 N–H and O–H groups in total. The van der Waals surface area contributed by atoms with Crippen LogP contribution in [0.3, 0.4) is 0 Å². The van der Waals surface area contributed by atoms with E-state index in [4.69, 9.17) is 14.2 Å². The fourth-order valence-corrected chi connectivity index (χ4v) is 2.15. The molecule has 2 rings (SSSR count). The van der Waals surface area contributed by atoms with E-state index in [1.165, 1.54) is 25.1 Å². The smallest absolute Gasteiger partial charge is 0.465 e. The Hall–Kier alpha value is -3.49. The number of anilines is 1. The zero-order valence-corrected chi connectivity index (χ0v) is 15.7. The van der Waals surface area contributed by atoms with E-state index in [9.17, 15) is 23.2 Å². The second-order valence-electron chi connectivity index (χ2n) is 6.15. The molecule has 154 valence electrons. The van der Waals surface area contributed by atoms with Crippen LogP contribution in [0.1, 0.15) is 24.2 Å². The molecule has 1 amide bonds. The quantitative estimate of drug-likeness (QED) is 0.552. The number of hydrogen-bond donors (Lipinski definition) is 1. The Morgan fingerprint density at radius 3 is 2.38 bits per heavy atom. The van der Waals surface area contributed by atoms with Gasteiger partial charge in [-0.3, -0.25) is 9.59 Å². The molecule has 0 spiro atoms. The molecule has 0 saturated heterocycles. The summed E-state index contributed by atoms with van der Waals surface area (Å²) >= 11 is 0. The van der Waals surface area contributed by atoms with E-state index in [1.807, 2.05) is 0 Å². The van der Waals surface area contributed by atoms with E-state index in [0.717, 1.165) is 12.1 Å². The Balaban J connectivity index is 1.98. The van der Waals surface area contributed by atoms with E-state index < -0.39 is 29.7 Å². The normalized spacial score (nSPS) is 11.3. The fourth-order valence-electron chi connectivity index (χ4n) is 2.15. The molecular formula is C20H19F2NO6. The van der Waals surface area contributed by atoms with Crippen LogP contribution in [0.25, 0.3) is 0 Å². The lowest BCUT2D eigenvalue weighted by atomic mass is 10.2. The summed E-state index contributed by atoms with van der Waals surface area (Å²) < 4.78 is 41.1. The Kier molecular flexibility index (Phi) is 7.64. The van der Waals surface area contributed by atoms with Crippen molar-refractivity contribution in [2.75, 3.05) is 18.5 Å². The van der Waals surface area contributed by atoms with Gasteiger partial charge in [0.25, 0.3) is 5.91 Å². The third-order valence-electron chi connectivity index (χ3n) is 3.56. The monoisotopic (exact) mass is 407 g/mol. The summed E-state index contributed by atoms with van der Waals surface area (Å²) in [5, 5.41) is 2.39. The third kappa shape index (κ3) is 6.87. The lowest BCUT2D eigenvalue weighted by Gasteiger charge is -2.13. The van der Waals surface area contributed by atoms with Crippen molar-refractivity contribution < 1.29 is 37.4 Å². The summed E-state index contributed by atoms with van der Waals surface area (Å²) in [4.78, 5) is 35.1. The average molecular weight is 407 g/mol. The van der Waals surface area contributed by atoms with Gasteiger partial charge in [-0.25, -0.2) is 13.6 Å². The van der Waals surface area contributed by atoms with Gasteiger partial charge in [0.15, 0.2) is 11.6 Å². The van der Waals surface area contributed by atoms with Gasteiger partial charge in [-0.05, 0) is 24.3 Å². The minimum absolute atomic E-state index is 0.0119. The molecule has 2 aromatic carbocycles. The number of hydrogen-bond acceptors (Lipinski definition) is 6. The molecule has 7 nitrogen and oxygen atoms in total. The van der Waals surface area contributed by atoms with Crippen molar-refractivity contribution in [2.24, 2.45) is 5.92 Å². The van der Waals surface area contributed by atoms with Gasteiger partial charge in [0.1, 0.15) is 12.4 Å². The number of halogens is 2. The summed E-state index contributed by atoms with van der Waals surface area (Å²) in [6.07, 6.45) is -1.05. The number of nitrogens with one attached hydrogen (secondary N) is 1. The highest BCUT2D eigenvalue weighted by Crippen LogP contribution is 2.21. The highest BCUT2D eigenvalue weighted by atomic mass is 19.2. The van der Waals surface area contributed by atoms with Crippen LogP contribution in [-0.2, 0) is 14.3 Å². The standard InChI is InChI=1S/C20H19F2NO6/c1-12(10-27-13(2)24)11-28-20(26)29-18-6-4-3-5-15(18)19(25)23-14-7-8-16(21)17(22)9-14/h3-9,12H,10-11H2,1-2H3,(H,23,25). The Morgan fingerprint density at radius 1 is 1.00 bits per heavy atom. The molecule has 29 heavy (non-hydrogen) atoms. The highest BCUT2D eigenvalue weighted by Gasteiger charge is 2.17. The third-order valence-corrected chi connectivity index (χ3v) is 3.56. The second-order valence-corrected chi connectivity index (χ2v) is 6.15. The van der Waals surface area contributed by atoms with E-state index in [0.29, 0.717) is 0 Å². The summed E-state index contributed by atoms with van der Waals surface area (Å²) in [6, 6.07) is 8.75. The molecule has 0 bridgehead atoms. The van der Waals surface area contributed by atoms with Crippen molar-refractivity contribution in [3.05, 3.63) is 59.7 Å². The van der Waals surface area contributed by atoms with E-state index >= 15 is 0 Å². The molecule has 1 atom stereocenters. The van der Waals surface area contributed by atoms with Crippen LogP contribution in [0.5, 0.6) is 5.75 Å². The molecule has 0 fully saturated rings. The molecule has 0 radical (unpaired) electrons. The summed E-state index contributed by atoms with van der Waals surface area (Å²) in [5.74, 6) is -3.62. The maximum atomic E-state index is 13.3. The zero-order chi connectivity index (χ0) is 21.4. The molecule has 2 aromatic rings. The minimum Gasteiger partial charge on any atom is -0.465 e. The molecule has 1 unspecified atom stereocenters. The molecular weight excluding hydrogens is 388 g/mol. The maximum Gasteiger partial charge on any atom is 0.513 e. The van der Waals surface area contributed by atoms with Crippen LogP contribution in [0.15, 0.2) is 42.5 Å². The van der Waals surface area contributed by atoms with Crippen LogP contribution in [-0.4, -0.2) is 31.2 Å². The number of ether oxygens (including phenoxy) is 3. The van der Waals surface area contributed by atoms with E-state index in [2.05, 4.69) is 5.32 Å². The number of benzene rings is 2. The van der Waals surface area contributed by atoms with Crippen LogP contribution < -0.4 is 10.1 Å². The predicted octanol–water partition coefficient (Wildman–Crippen LogP) is 3.93. The second kappa shape index (κ2) is 10.2. The Morgan fingerprint density at radius 2 is 1.69 bits per heavy atom. The van der Waals surface area contributed by atoms with Gasteiger partial charge in [0, 0.05) is 24.6 Å². The van der Waals surface area contributed by atoms with Gasteiger partial charge in [0.05, 0.1) is 12.2 Å². The van der Waals surface area contributed by atoms with Crippen molar-refractivity contribution >= 4 is 23.7 Å². The first-order chi connectivity index (χ1) is 13.8. The van der Waals surface area contributed by atoms with E-state index in [1.54, 1.807) is 19.1 Å². The van der Waals surface area contributed by atoms with Crippen LogP contribution in [0, 0.1) is 17.6 Å². The van der Waals surface area contributed by atoms with Crippen LogP contribution in [0.4, 0.5) is 19.3 Å². The number of esters is 1. The topological polar surface area (TPSA) is 90.9 Å². The SMILES string of the molecule is CC(=O)OCC(C)COC(=O)Oc1ccccc1C(=O)Nc1ccc(F)c(F)c1. The van der Waals surface area contributed by atoms with Crippen molar-refractivity contribution in [2.45, 2.75) is 13.8 Å². The van der Waals surface area contributed by atoms with Crippen LogP contribution in [0.2, 0.25) is 0 Å². The maximum absolute atomic E-state index is 13.3. The highest BCUT2D eigenvalue weighted by molar-refractivity contribution is 6.06. The van der Waals surface area contributed by atoms with Gasteiger partial charge in [-0.1, -0.05) is 19.1 Å². The summed E-state index contributed by atoms with van der Waals surface area (Å²) in [7, 11) is 0. The first kappa shape index (κ1) is 21.8. The zero-order valence-electron chi connectivity index (χ0n) is 15.7. The molecule has 0 saturated carbocycles. The van der Waals surface area contributed by atoms with E-state index in [-0.39, 0.29) is 36.1 Å². The lowest BCUT2D eigenvalue weighted by Crippen LogP contribution is -2.21. The van der Waals surface area contributed by atoms with Gasteiger partial charge in [0.2, 0.25) is 0 Å². The number of carbonyl (C=O) groups is 3. The van der Waals surface area contributed by atoms with Crippen LogP contribution >= 0.6 is 0 Å². The van der Waals surface area contributed by atoms with Gasteiger partial charge in [-0.15, -0.1) is 0 Å². The number of rotatable bonds is 7. The Labute approximate surface area is 165 Å². The molecule has 9 heteroatoms. The number of carbonyl (C=O) groups excluding carboxylic acids is 3. The molecule has 0 aromatic heterocycles. The number of para-hydroxylation sites is 1. The summed E-state index contributed by atoms with van der Waals surface area (Å²) in [5.41, 5.74) is 0.0210. The number of amides is 1. The summed E-state index contributed by atoms with van der Waals surface area (Å²) in [6.45, 7) is 2.99. The predicted molar refractivity (Wildman–Crippen MR) is 98.5 cm³/mol. The van der Waals surface area contributed by atoms with Crippen molar-refractivity contribution in [3.8, 4) is 5.75 Å². The first-order valence-corrected chi connectivity index (χ1v) is 8.59. The largest absolute Gasteiger partial charge is 0.513 e. The van der Waals surface area contributed by atoms with Gasteiger partial charge in [-0.2, -0.15) is 0 Å². The average Bonchev–Trinajstić information content (AvgIpc) is 2.68. The van der Waals surface area contributed by atoms with Crippen molar-refractivity contribution in [1.82, 2.24) is 0 Å².